The predicted molar refractivity (Wildman–Crippen MR) is 118 cm³/mol. The van der Waals surface area contributed by atoms with Gasteiger partial charge in [0.05, 0.1) is 19.9 Å². The molecule has 4 aromatic rings. The lowest BCUT2D eigenvalue weighted by Gasteiger charge is -2.10. The van der Waals surface area contributed by atoms with E-state index in [1.54, 1.807) is 56.7 Å². The number of carbonyl (C=O) groups is 1. The second-order valence-corrected chi connectivity index (χ2v) is 7.02. The lowest BCUT2D eigenvalue weighted by Crippen LogP contribution is -2.12. The summed E-state index contributed by atoms with van der Waals surface area (Å²) in [6.45, 7) is 2.37. The Morgan fingerprint density at radius 2 is 1.71 bits per heavy atom. The number of methoxy groups -OCH3 is 2. The normalized spacial score (nSPS) is 10.7. The van der Waals surface area contributed by atoms with Crippen LogP contribution in [0.3, 0.4) is 0 Å². The van der Waals surface area contributed by atoms with Gasteiger partial charge in [0.25, 0.3) is 5.91 Å². The van der Waals surface area contributed by atoms with Crippen molar-refractivity contribution in [3.05, 3.63) is 83.8 Å². The van der Waals surface area contributed by atoms with Gasteiger partial charge < -0.3 is 23.9 Å². The van der Waals surface area contributed by atoms with Crippen LogP contribution in [0.15, 0.2) is 67.0 Å². The maximum atomic E-state index is 12.6. The van der Waals surface area contributed by atoms with E-state index in [1.807, 2.05) is 35.9 Å². The number of hydrogen-bond acceptors (Lipinski definition) is 5. The lowest BCUT2D eigenvalue weighted by atomic mass is 10.2. The molecule has 7 heteroatoms. The predicted octanol–water partition coefficient (Wildman–Crippen LogP) is 4.49. The summed E-state index contributed by atoms with van der Waals surface area (Å²) in [5, 5.41) is 2.85. The van der Waals surface area contributed by atoms with E-state index in [2.05, 4.69) is 10.3 Å². The third-order valence-corrected chi connectivity index (χ3v) is 4.84. The van der Waals surface area contributed by atoms with Gasteiger partial charge in [-0.25, -0.2) is 4.98 Å². The van der Waals surface area contributed by atoms with E-state index in [1.165, 1.54) is 0 Å². The smallest absolute Gasteiger partial charge is 0.255 e. The zero-order chi connectivity index (χ0) is 21.8. The van der Waals surface area contributed by atoms with E-state index < -0.39 is 0 Å². The van der Waals surface area contributed by atoms with Crippen LogP contribution in [0.1, 0.15) is 21.6 Å². The molecule has 2 aromatic carbocycles. The van der Waals surface area contributed by atoms with Crippen LogP contribution in [0.5, 0.6) is 17.2 Å². The maximum absolute atomic E-state index is 12.6. The number of aromatic nitrogens is 2. The Balaban J connectivity index is 1.40. The Morgan fingerprint density at radius 3 is 2.35 bits per heavy atom. The number of imidazole rings is 1. The summed E-state index contributed by atoms with van der Waals surface area (Å²) in [5.74, 6) is 1.62. The first-order valence-electron chi connectivity index (χ1n) is 9.76. The monoisotopic (exact) mass is 417 g/mol. The van der Waals surface area contributed by atoms with Crippen molar-refractivity contribution in [1.29, 1.82) is 0 Å². The van der Waals surface area contributed by atoms with E-state index in [0.29, 0.717) is 35.1 Å². The van der Waals surface area contributed by atoms with E-state index in [-0.39, 0.29) is 5.91 Å². The highest BCUT2D eigenvalue weighted by Gasteiger charge is 2.10. The highest BCUT2D eigenvalue weighted by molar-refractivity contribution is 6.04. The number of ether oxygens (including phenoxy) is 3. The minimum absolute atomic E-state index is 0.238. The number of aryl methyl sites for hydroxylation is 1. The molecule has 0 bridgehead atoms. The van der Waals surface area contributed by atoms with Crippen molar-refractivity contribution in [2.24, 2.45) is 0 Å². The van der Waals surface area contributed by atoms with Crippen LogP contribution in [-0.4, -0.2) is 29.5 Å². The molecule has 1 N–H and O–H groups in total. The van der Waals surface area contributed by atoms with E-state index in [0.717, 1.165) is 16.9 Å². The van der Waals surface area contributed by atoms with Crippen LogP contribution in [-0.2, 0) is 6.61 Å². The second-order valence-electron chi connectivity index (χ2n) is 7.02. The number of pyridine rings is 1. The zero-order valence-corrected chi connectivity index (χ0v) is 17.6. The number of anilines is 1. The summed E-state index contributed by atoms with van der Waals surface area (Å²) in [6.07, 6.45) is 3.91. The van der Waals surface area contributed by atoms with Crippen LogP contribution >= 0.6 is 0 Å². The molecule has 0 saturated carbocycles. The summed E-state index contributed by atoms with van der Waals surface area (Å²) in [4.78, 5) is 17.2. The van der Waals surface area contributed by atoms with Crippen molar-refractivity contribution < 1.29 is 19.0 Å². The molecule has 0 aliphatic heterocycles. The van der Waals surface area contributed by atoms with Crippen LogP contribution < -0.4 is 19.5 Å². The van der Waals surface area contributed by atoms with Crippen molar-refractivity contribution in [1.82, 2.24) is 9.38 Å². The third kappa shape index (κ3) is 4.61. The molecule has 31 heavy (non-hydrogen) atoms. The number of nitrogens with one attached hydrogen (secondary N) is 1. The molecule has 4 rings (SSSR count). The molecule has 0 spiro atoms. The molecule has 0 fully saturated rings. The van der Waals surface area contributed by atoms with Crippen molar-refractivity contribution in [3.8, 4) is 17.2 Å². The van der Waals surface area contributed by atoms with Crippen molar-refractivity contribution in [3.63, 3.8) is 0 Å². The Bertz CT molecular complexity index is 1190. The first-order valence-corrected chi connectivity index (χ1v) is 9.76. The Hall–Kier alpha value is -4.00. The lowest BCUT2D eigenvalue weighted by molar-refractivity contribution is 0.102. The number of carbonyl (C=O) groups excluding carboxylic acids is 1. The molecule has 0 radical (unpaired) electrons. The number of fused-ring (bicyclic) bond motifs is 1. The molecule has 0 saturated heterocycles. The first kappa shape index (κ1) is 20.3. The molecule has 1 amide bonds. The van der Waals surface area contributed by atoms with E-state index in [9.17, 15) is 4.79 Å². The third-order valence-electron chi connectivity index (χ3n) is 4.84. The van der Waals surface area contributed by atoms with Crippen LogP contribution in [0.2, 0.25) is 0 Å². The van der Waals surface area contributed by atoms with Crippen LogP contribution in [0, 0.1) is 6.92 Å². The fourth-order valence-electron chi connectivity index (χ4n) is 3.22. The molecule has 2 aromatic heterocycles. The molecule has 2 heterocycles. The largest absolute Gasteiger partial charge is 0.497 e. The van der Waals surface area contributed by atoms with Crippen LogP contribution in [0.4, 0.5) is 5.69 Å². The number of nitrogens with zero attached hydrogens (tertiary/aromatic N) is 2. The highest BCUT2D eigenvalue weighted by Crippen LogP contribution is 2.26. The van der Waals surface area contributed by atoms with Gasteiger partial charge in [-0.3, -0.25) is 4.79 Å². The van der Waals surface area contributed by atoms with Gasteiger partial charge in [0, 0.05) is 41.8 Å². The number of rotatable bonds is 7. The molecule has 158 valence electrons. The molecule has 0 aliphatic carbocycles. The van der Waals surface area contributed by atoms with Crippen LogP contribution in [0.25, 0.3) is 5.65 Å². The van der Waals surface area contributed by atoms with Crippen molar-refractivity contribution in [2.45, 2.75) is 13.5 Å². The molecule has 0 unspecified atom stereocenters. The van der Waals surface area contributed by atoms with Gasteiger partial charge in [0.15, 0.2) is 0 Å². The summed E-state index contributed by atoms with van der Waals surface area (Å²) in [6, 6.07) is 16.2. The fraction of sp³-hybridized carbons (Fsp3) is 0.167. The summed E-state index contributed by atoms with van der Waals surface area (Å²) in [5.41, 5.74) is 3.96. The van der Waals surface area contributed by atoms with E-state index >= 15 is 0 Å². The van der Waals surface area contributed by atoms with Gasteiger partial charge in [-0.1, -0.05) is 6.07 Å². The summed E-state index contributed by atoms with van der Waals surface area (Å²) < 4.78 is 18.3. The SMILES string of the molecule is COc1cc(NC(=O)c2ccc(OCc3cn4cccc(C)c4n3)cc2)cc(OC)c1. The maximum Gasteiger partial charge on any atom is 0.255 e. The first-order chi connectivity index (χ1) is 15.1. The Morgan fingerprint density at radius 1 is 1.00 bits per heavy atom. The van der Waals surface area contributed by atoms with Gasteiger partial charge in [-0.2, -0.15) is 0 Å². The second kappa shape index (κ2) is 8.79. The zero-order valence-electron chi connectivity index (χ0n) is 17.6. The Kier molecular flexibility index (Phi) is 5.75. The van der Waals surface area contributed by atoms with Gasteiger partial charge in [0.2, 0.25) is 0 Å². The summed E-state index contributed by atoms with van der Waals surface area (Å²) >= 11 is 0. The number of hydrogen-bond donors (Lipinski definition) is 1. The average Bonchev–Trinajstić information content (AvgIpc) is 3.22. The minimum atomic E-state index is -0.238. The van der Waals surface area contributed by atoms with Gasteiger partial charge in [0.1, 0.15) is 29.5 Å². The standard InChI is InChI=1S/C24H23N3O4/c1-16-5-4-10-27-14-19(25-23(16)27)15-31-20-8-6-17(7-9-20)24(28)26-18-11-21(29-2)13-22(12-18)30-3/h4-14H,15H2,1-3H3,(H,26,28). The van der Waals surface area contributed by atoms with E-state index in [4.69, 9.17) is 14.2 Å². The van der Waals surface area contributed by atoms with Gasteiger partial charge in [-0.05, 0) is 42.8 Å². The molecular weight excluding hydrogens is 394 g/mol. The minimum Gasteiger partial charge on any atom is -0.497 e. The average molecular weight is 417 g/mol. The molecule has 0 aliphatic rings. The highest BCUT2D eigenvalue weighted by atomic mass is 16.5. The van der Waals surface area contributed by atoms with Gasteiger partial charge in [-0.15, -0.1) is 0 Å². The summed E-state index contributed by atoms with van der Waals surface area (Å²) in [7, 11) is 3.12. The van der Waals surface area contributed by atoms with Gasteiger partial charge >= 0.3 is 0 Å². The Labute approximate surface area is 180 Å². The molecular formula is C24H23N3O4. The fourth-order valence-corrected chi connectivity index (χ4v) is 3.22. The topological polar surface area (TPSA) is 74.1 Å². The number of amides is 1. The number of benzene rings is 2. The van der Waals surface area contributed by atoms with Crippen molar-refractivity contribution in [2.75, 3.05) is 19.5 Å². The quantitative estimate of drug-likeness (QED) is 0.480. The molecule has 0 atom stereocenters. The molecule has 7 nitrogen and oxygen atoms in total. The van der Waals surface area contributed by atoms with Crippen molar-refractivity contribution >= 4 is 17.2 Å².